The van der Waals surface area contributed by atoms with Crippen LogP contribution in [0.15, 0.2) is 10.4 Å². The van der Waals surface area contributed by atoms with Crippen molar-refractivity contribution in [2.45, 2.75) is 39.5 Å². The number of aryl methyl sites for hydroxylation is 1. The Bertz CT molecular complexity index is 519. The highest BCUT2D eigenvalue weighted by atomic mass is 127. The first-order chi connectivity index (χ1) is 11.7. The molecule has 6 nitrogen and oxygen atoms in total. The maximum Gasteiger partial charge on any atom is 0.191 e. The normalized spacial score (nSPS) is 20.4. The summed E-state index contributed by atoms with van der Waals surface area (Å²) < 4.78 is 5.53. The summed E-state index contributed by atoms with van der Waals surface area (Å²) in [6.07, 6.45) is 3.60. The van der Waals surface area contributed by atoms with Gasteiger partial charge >= 0.3 is 0 Å². The summed E-state index contributed by atoms with van der Waals surface area (Å²) in [5.74, 6) is 0.827. The molecule has 0 radical (unpaired) electrons. The molecule has 3 N–H and O–H groups in total. The van der Waals surface area contributed by atoms with Crippen molar-refractivity contribution in [3.63, 3.8) is 0 Å². The van der Waals surface area contributed by atoms with Crippen molar-refractivity contribution in [3.8, 4) is 0 Å². The maximum absolute atomic E-state index is 9.31. The van der Waals surface area contributed by atoms with Crippen molar-refractivity contribution in [3.05, 3.63) is 16.1 Å². The standard InChI is InChI=1S/C17H30N4O2S.HI/c1-3-15-21-14(11-24-15)5-8-19-16(18-4-2)20-12-17(6-9-22)7-10-23-13-17;/h11,22H,3-10,12-13H2,1-2H3,(H2,18,19,20);1H. The molecule has 0 saturated carbocycles. The number of nitrogens with zero attached hydrogens (tertiary/aromatic N) is 2. The minimum Gasteiger partial charge on any atom is -0.396 e. The highest BCUT2D eigenvalue weighted by Gasteiger charge is 2.34. The second-order valence-electron chi connectivity index (χ2n) is 6.23. The SMILES string of the molecule is CCNC(=NCC1(CCO)CCOC1)NCCc1csc(CC)n1.I. The Morgan fingerprint density at radius 3 is 2.88 bits per heavy atom. The third-order valence-corrected chi connectivity index (χ3v) is 5.36. The number of nitrogens with one attached hydrogen (secondary N) is 2. The van der Waals surface area contributed by atoms with Crippen LogP contribution in [0.1, 0.15) is 37.4 Å². The highest BCUT2D eigenvalue weighted by Crippen LogP contribution is 2.32. The lowest BCUT2D eigenvalue weighted by atomic mass is 9.84. The summed E-state index contributed by atoms with van der Waals surface area (Å²) in [7, 11) is 0. The van der Waals surface area contributed by atoms with Crippen molar-refractivity contribution in [1.29, 1.82) is 0 Å². The lowest BCUT2D eigenvalue weighted by molar-refractivity contribution is 0.131. The number of guanidine groups is 1. The zero-order valence-corrected chi connectivity index (χ0v) is 18.4. The number of halogens is 1. The molecule has 8 heteroatoms. The summed E-state index contributed by atoms with van der Waals surface area (Å²) in [4.78, 5) is 9.31. The molecular weight excluding hydrogens is 451 g/mol. The smallest absolute Gasteiger partial charge is 0.191 e. The van der Waals surface area contributed by atoms with E-state index in [1.165, 1.54) is 5.01 Å². The van der Waals surface area contributed by atoms with Gasteiger partial charge in [0, 0.05) is 43.5 Å². The van der Waals surface area contributed by atoms with Crippen LogP contribution in [0.2, 0.25) is 0 Å². The Kier molecular flexibility index (Phi) is 10.9. The number of aromatic nitrogens is 1. The molecule has 2 rings (SSSR count). The minimum atomic E-state index is -0.0119. The summed E-state index contributed by atoms with van der Waals surface area (Å²) in [6, 6.07) is 0. The summed E-state index contributed by atoms with van der Waals surface area (Å²) >= 11 is 1.73. The van der Waals surface area contributed by atoms with Crippen LogP contribution in [-0.2, 0) is 17.6 Å². The van der Waals surface area contributed by atoms with E-state index in [9.17, 15) is 5.11 Å². The van der Waals surface area contributed by atoms with E-state index in [4.69, 9.17) is 9.73 Å². The van der Waals surface area contributed by atoms with Gasteiger partial charge in [-0.15, -0.1) is 35.3 Å². The largest absolute Gasteiger partial charge is 0.396 e. The van der Waals surface area contributed by atoms with Gasteiger partial charge in [0.1, 0.15) is 0 Å². The molecule has 1 atom stereocenters. The number of aliphatic hydroxyl groups is 1. The molecule has 0 spiro atoms. The molecule has 25 heavy (non-hydrogen) atoms. The monoisotopic (exact) mass is 482 g/mol. The average Bonchev–Trinajstić information content (AvgIpc) is 3.23. The van der Waals surface area contributed by atoms with Crippen molar-refractivity contribution >= 4 is 41.3 Å². The molecule has 1 fully saturated rings. The van der Waals surface area contributed by atoms with Crippen molar-refractivity contribution in [2.75, 3.05) is 39.5 Å². The molecule has 1 unspecified atom stereocenters. The van der Waals surface area contributed by atoms with Crippen molar-refractivity contribution in [1.82, 2.24) is 15.6 Å². The lowest BCUT2D eigenvalue weighted by Gasteiger charge is -2.24. The molecule has 2 heterocycles. The van der Waals surface area contributed by atoms with Crippen LogP contribution in [0.5, 0.6) is 0 Å². The zero-order chi connectivity index (χ0) is 17.3. The quantitative estimate of drug-likeness (QED) is 0.286. The van der Waals surface area contributed by atoms with Gasteiger partial charge in [-0.05, 0) is 26.2 Å². The second kappa shape index (κ2) is 12.0. The predicted molar refractivity (Wildman–Crippen MR) is 114 cm³/mol. The van der Waals surface area contributed by atoms with Gasteiger partial charge in [-0.3, -0.25) is 4.99 Å². The molecule has 1 aliphatic heterocycles. The van der Waals surface area contributed by atoms with Crippen LogP contribution < -0.4 is 10.6 Å². The Hall–Kier alpha value is -0.450. The van der Waals surface area contributed by atoms with Crippen LogP contribution in [-0.4, -0.2) is 55.5 Å². The van der Waals surface area contributed by atoms with E-state index in [1.807, 2.05) is 0 Å². The molecule has 0 aliphatic carbocycles. The molecule has 0 aromatic carbocycles. The maximum atomic E-state index is 9.31. The predicted octanol–water partition coefficient (Wildman–Crippen LogP) is 2.21. The molecule has 0 amide bonds. The summed E-state index contributed by atoms with van der Waals surface area (Å²) in [5, 5.41) is 19.3. The molecule has 1 saturated heterocycles. The Balaban J connectivity index is 0.00000312. The topological polar surface area (TPSA) is 78.8 Å². The van der Waals surface area contributed by atoms with Crippen molar-refractivity contribution < 1.29 is 9.84 Å². The fourth-order valence-electron chi connectivity index (χ4n) is 2.81. The lowest BCUT2D eigenvalue weighted by Crippen LogP contribution is -2.39. The summed E-state index contributed by atoms with van der Waals surface area (Å²) in [6.45, 7) is 8.15. The van der Waals surface area contributed by atoms with Crippen LogP contribution in [0, 0.1) is 5.41 Å². The van der Waals surface area contributed by atoms with E-state index >= 15 is 0 Å². The van der Waals surface area contributed by atoms with E-state index in [0.717, 1.165) is 57.0 Å². The Morgan fingerprint density at radius 2 is 2.28 bits per heavy atom. The highest BCUT2D eigenvalue weighted by molar-refractivity contribution is 14.0. The number of hydrogen-bond donors (Lipinski definition) is 3. The molecule has 1 aromatic heterocycles. The van der Waals surface area contributed by atoms with Gasteiger partial charge in [0.2, 0.25) is 0 Å². The third-order valence-electron chi connectivity index (χ3n) is 4.32. The average molecular weight is 482 g/mol. The van der Waals surface area contributed by atoms with Gasteiger partial charge in [-0.2, -0.15) is 0 Å². The first-order valence-electron chi connectivity index (χ1n) is 8.85. The van der Waals surface area contributed by atoms with E-state index < -0.39 is 0 Å². The van der Waals surface area contributed by atoms with Gasteiger partial charge in [-0.25, -0.2) is 4.98 Å². The first kappa shape index (κ1) is 22.6. The summed E-state index contributed by atoms with van der Waals surface area (Å²) in [5.41, 5.74) is 1.13. The fraction of sp³-hybridized carbons (Fsp3) is 0.765. The first-order valence-corrected chi connectivity index (χ1v) is 9.73. The second-order valence-corrected chi connectivity index (χ2v) is 7.18. The number of ether oxygens (including phenoxy) is 1. The van der Waals surface area contributed by atoms with Gasteiger partial charge < -0.3 is 20.5 Å². The number of hydrogen-bond acceptors (Lipinski definition) is 5. The van der Waals surface area contributed by atoms with Gasteiger partial charge in [-0.1, -0.05) is 6.92 Å². The number of rotatable bonds is 9. The molecular formula is C17H31IN4O2S. The zero-order valence-electron chi connectivity index (χ0n) is 15.2. The molecule has 144 valence electrons. The van der Waals surface area contributed by atoms with E-state index in [1.54, 1.807) is 11.3 Å². The van der Waals surface area contributed by atoms with Crippen LogP contribution in [0.3, 0.4) is 0 Å². The van der Waals surface area contributed by atoms with Gasteiger partial charge in [0.05, 0.1) is 23.9 Å². The van der Waals surface area contributed by atoms with E-state index in [0.29, 0.717) is 13.2 Å². The van der Waals surface area contributed by atoms with E-state index in [-0.39, 0.29) is 36.0 Å². The molecule has 0 bridgehead atoms. The molecule has 1 aliphatic rings. The van der Waals surface area contributed by atoms with Crippen LogP contribution >= 0.6 is 35.3 Å². The number of aliphatic hydroxyl groups excluding tert-OH is 1. The number of aliphatic imine (C=N–C) groups is 1. The van der Waals surface area contributed by atoms with Crippen LogP contribution in [0.4, 0.5) is 0 Å². The fourth-order valence-corrected chi connectivity index (χ4v) is 3.59. The third kappa shape index (κ3) is 7.36. The van der Waals surface area contributed by atoms with Gasteiger partial charge in [0.15, 0.2) is 5.96 Å². The number of thiazole rings is 1. The van der Waals surface area contributed by atoms with Crippen molar-refractivity contribution in [2.24, 2.45) is 10.4 Å². The Morgan fingerprint density at radius 1 is 1.44 bits per heavy atom. The van der Waals surface area contributed by atoms with Crippen LogP contribution in [0.25, 0.3) is 0 Å². The van der Waals surface area contributed by atoms with E-state index in [2.05, 4.69) is 34.8 Å². The minimum absolute atomic E-state index is 0. The Labute approximate surface area is 171 Å². The van der Waals surface area contributed by atoms with Gasteiger partial charge in [0.25, 0.3) is 0 Å². The molecule has 1 aromatic rings.